The van der Waals surface area contributed by atoms with E-state index >= 15 is 0 Å². The Hall–Kier alpha value is 0.850. The van der Waals surface area contributed by atoms with Gasteiger partial charge >= 0.3 is 0 Å². The van der Waals surface area contributed by atoms with Crippen molar-refractivity contribution in [1.82, 2.24) is 0 Å². The van der Waals surface area contributed by atoms with Crippen molar-refractivity contribution in [3.63, 3.8) is 0 Å². The average Bonchev–Trinajstić information content (AvgIpc) is 2.55. The molecule has 0 amide bonds. The number of aliphatic hydroxyl groups is 5. The molecule has 134 valence electrons. The lowest BCUT2D eigenvalue weighted by Crippen LogP contribution is -2.51. The molecule has 0 aliphatic carbocycles. The highest BCUT2D eigenvalue weighted by Crippen LogP contribution is 2.26. The molecule has 0 aromatic heterocycles. The number of thiol groups is 3. The van der Waals surface area contributed by atoms with Crippen molar-refractivity contribution >= 4 is 37.9 Å². The molecule has 0 rings (SSSR count). The van der Waals surface area contributed by atoms with Crippen molar-refractivity contribution in [1.29, 1.82) is 0 Å². The van der Waals surface area contributed by atoms with Crippen LogP contribution in [0.5, 0.6) is 0 Å². The second-order valence-corrected chi connectivity index (χ2v) is 7.50. The topological polar surface area (TPSA) is 101 Å². The molecular formula is C14H30O5S3. The first-order valence-electron chi connectivity index (χ1n) is 7.47. The second kappa shape index (κ2) is 10.7. The van der Waals surface area contributed by atoms with Gasteiger partial charge in [-0.2, -0.15) is 37.9 Å². The zero-order valence-corrected chi connectivity index (χ0v) is 15.9. The molecule has 0 saturated heterocycles. The summed E-state index contributed by atoms with van der Waals surface area (Å²) in [4.78, 5) is 0. The Labute approximate surface area is 149 Å². The minimum Gasteiger partial charge on any atom is -0.390 e. The minimum atomic E-state index is -1.50. The van der Waals surface area contributed by atoms with Crippen LogP contribution >= 0.6 is 37.9 Å². The Morgan fingerprint density at radius 3 is 1.68 bits per heavy atom. The van der Waals surface area contributed by atoms with Gasteiger partial charge in [0.1, 0.15) is 6.10 Å². The lowest BCUT2D eigenvalue weighted by Gasteiger charge is -2.35. The van der Waals surface area contributed by atoms with Crippen molar-refractivity contribution in [2.75, 3.05) is 5.75 Å². The summed E-state index contributed by atoms with van der Waals surface area (Å²) in [5.74, 6) is -0.201. The van der Waals surface area contributed by atoms with E-state index in [9.17, 15) is 25.5 Å². The van der Waals surface area contributed by atoms with Gasteiger partial charge < -0.3 is 25.5 Å². The molecule has 0 heterocycles. The van der Waals surface area contributed by atoms with Gasteiger partial charge in [-0.3, -0.25) is 0 Å². The molecule has 0 spiro atoms. The first kappa shape index (κ1) is 22.9. The van der Waals surface area contributed by atoms with Crippen molar-refractivity contribution in [2.24, 2.45) is 11.8 Å². The molecule has 0 radical (unpaired) electrons. The van der Waals surface area contributed by atoms with Crippen LogP contribution in [0.2, 0.25) is 0 Å². The first-order chi connectivity index (χ1) is 10.1. The van der Waals surface area contributed by atoms with Crippen LogP contribution in [0.1, 0.15) is 27.2 Å². The molecule has 5 N–H and O–H groups in total. The van der Waals surface area contributed by atoms with Crippen LogP contribution in [-0.4, -0.2) is 72.3 Å². The van der Waals surface area contributed by atoms with E-state index in [2.05, 4.69) is 37.9 Å². The highest BCUT2D eigenvalue weighted by Gasteiger charge is 2.39. The standard InChI is InChI=1S/C14H30O5S3/c1-4-8(15)9(16)7(3)10(17)11(18)12(19)14(22)13(21)6(2)5-20/h6-22H,4-5H2,1-3H3. The lowest BCUT2D eigenvalue weighted by atomic mass is 9.87. The van der Waals surface area contributed by atoms with Crippen LogP contribution in [0.25, 0.3) is 0 Å². The quantitative estimate of drug-likeness (QED) is 0.257. The maximum atomic E-state index is 10.2. The first-order valence-corrected chi connectivity index (χ1v) is 9.13. The smallest absolute Gasteiger partial charge is 0.107 e. The number of aliphatic hydroxyl groups excluding tert-OH is 5. The molecule has 0 saturated carbocycles. The Kier molecular flexibility index (Phi) is 11.1. The Morgan fingerprint density at radius 1 is 0.773 bits per heavy atom. The molecule has 5 nitrogen and oxygen atoms in total. The van der Waals surface area contributed by atoms with Crippen LogP contribution in [0, 0.1) is 11.8 Å². The number of hydrogen-bond acceptors (Lipinski definition) is 8. The van der Waals surface area contributed by atoms with Crippen LogP contribution in [0.15, 0.2) is 0 Å². The molecule has 0 aromatic rings. The highest BCUT2D eigenvalue weighted by molar-refractivity contribution is 7.85. The monoisotopic (exact) mass is 374 g/mol. The van der Waals surface area contributed by atoms with E-state index in [0.29, 0.717) is 12.2 Å². The third-order valence-corrected chi connectivity index (χ3v) is 6.43. The molecule has 9 atom stereocenters. The Bertz CT molecular complexity index is 282. The van der Waals surface area contributed by atoms with Crippen LogP contribution in [-0.2, 0) is 0 Å². The van der Waals surface area contributed by atoms with Gasteiger partial charge in [0.25, 0.3) is 0 Å². The second-order valence-electron chi connectivity index (χ2n) is 5.94. The SMILES string of the molecule is CCC(O)C(O)C(C)C(O)C(O)C(O)C(S)C(S)C(C)CS. The summed E-state index contributed by atoms with van der Waals surface area (Å²) in [6, 6.07) is 0. The van der Waals surface area contributed by atoms with Gasteiger partial charge in [0.2, 0.25) is 0 Å². The van der Waals surface area contributed by atoms with Crippen molar-refractivity contribution in [3.05, 3.63) is 0 Å². The normalized spacial score (nSPS) is 24.7. The third kappa shape index (κ3) is 6.05. The van der Waals surface area contributed by atoms with Gasteiger partial charge in [-0.15, -0.1) is 0 Å². The molecule has 9 unspecified atom stereocenters. The van der Waals surface area contributed by atoms with E-state index < -0.39 is 41.7 Å². The largest absolute Gasteiger partial charge is 0.390 e. The molecule has 0 fully saturated rings. The van der Waals surface area contributed by atoms with Gasteiger partial charge in [0, 0.05) is 16.4 Å². The summed E-state index contributed by atoms with van der Waals surface area (Å²) in [5, 5.41) is 49.0. The predicted molar refractivity (Wildman–Crippen MR) is 98.1 cm³/mol. The highest BCUT2D eigenvalue weighted by atomic mass is 32.1. The van der Waals surface area contributed by atoms with Gasteiger partial charge in [-0.05, 0) is 18.1 Å². The van der Waals surface area contributed by atoms with E-state index in [4.69, 9.17) is 0 Å². The fourth-order valence-corrected chi connectivity index (χ4v) is 3.30. The molecule has 22 heavy (non-hydrogen) atoms. The van der Waals surface area contributed by atoms with Crippen LogP contribution in [0.3, 0.4) is 0 Å². The maximum Gasteiger partial charge on any atom is 0.107 e. The fraction of sp³-hybridized carbons (Fsp3) is 1.00. The summed E-state index contributed by atoms with van der Waals surface area (Å²) in [6.45, 7) is 5.10. The van der Waals surface area contributed by atoms with E-state index in [1.807, 2.05) is 6.92 Å². The van der Waals surface area contributed by atoms with Gasteiger partial charge in [-0.25, -0.2) is 0 Å². The average molecular weight is 375 g/mol. The van der Waals surface area contributed by atoms with E-state index in [-0.39, 0.29) is 11.2 Å². The molecule has 8 heteroatoms. The van der Waals surface area contributed by atoms with Gasteiger partial charge in [-0.1, -0.05) is 20.8 Å². The Balaban J connectivity index is 4.82. The fourth-order valence-electron chi connectivity index (χ4n) is 2.16. The number of hydrogen-bond donors (Lipinski definition) is 8. The van der Waals surface area contributed by atoms with E-state index in [1.54, 1.807) is 6.92 Å². The minimum absolute atomic E-state index is 0.0538. The number of rotatable bonds is 10. The van der Waals surface area contributed by atoms with E-state index in [0.717, 1.165) is 0 Å². The molecule has 0 aromatic carbocycles. The summed E-state index contributed by atoms with van der Waals surface area (Å²) in [7, 11) is 0. The molecule has 0 aliphatic heterocycles. The summed E-state index contributed by atoms with van der Waals surface area (Å²) in [5.41, 5.74) is 0. The van der Waals surface area contributed by atoms with Crippen molar-refractivity contribution in [2.45, 2.75) is 68.2 Å². The van der Waals surface area contributed by atoms with Crippen molar-refractivity contribution in [3.8, 4) is 0 Å². The van der Waals surface area contributed by atoms with Crippen LogP contribution < -0.4 is 0 Å². The molecular weight excluding hydrogens is 344 g/mol. The maximum absolute atomic E-state index is 10.2. The summed E-state index contributed by atoms with van der Waals surface area (Å²) >= 11 is 12.8. The lowest BCUT2D eigenvalue weighted by molar-refractivity contribution is -0.117. The van der Waals surface area contributed by atoms with Gasteiger partial charge in [0.15, 0.2) is 0 Å². The Morgan fingerprint density at radius 2 is 1.27 bits per heavy atom. The summed E-state index contributed by atoms with van der Waals surface area (Å²) < 4.78 is 0. The predicted octanol–water partition coefficient (Wildman–Crippen LogP) is -0.000300. The molecule has 0 bridgehead atoms. The van der Waals surface area contributed by atoms with E-state index in [1.165, 1.54) is 6.92 Å². The summed E-state index contributed by atoms with van der Waals surface area (Å²) in [6.07, 6.45) is -6.09. The zero-order valence-electron chi connectivity index (χ0n) is 13.2. The van der Waals surface area contributed by atoms with Crippen LogP contribution in [0.4, 0.5) is 0 Å². The van der Waals surface area contributed by atoms with Gasteiger partial charge in [0.05, 0.1) is 24.4 Å². The molecule has 0 aliphatic rings. The zero-order chi connectivity index (χ0) is 17.6. The van der Waals surface area contributed by atoms with Crippen molar-refractivity contribution < 1.29 is 25.5 Å². The third-order valence-electron chi connectivity index (χ3n) is 4.16.